The van der Waals surface area contributed by atoms with E-state index in [2.05, 4.69) is 46.5 Å². The molecule has 1 fully saturated rings. The fourth-order valence-electron chi connectivity index (χ4n) is 4.64. The van der Waals surface area contributed by atoms with Crippen molar-refractivity contribution in [1.29, 1.82) is 0 Å². The van der Waals surface area contributed by atoms with E-state index in [4.69, 9.17) is 4.98 Å². The van der Waals surface area contributed by atoms with Crippen LogP contribution in [-0.2, 0) is 14.4 Å². The largest absolute Gasteiger partial charge is 0.348 e. The van der Waals surface area contributed by atoms with Gasteiger partial charge in [-0.1, -0.05) is 26.0 Å². The van der Waals surface area contributed by atoms with Crippen LogP contribution in [0.1, 0.15) is 50.5 Å². The minimum absolute atomic E-state index is 0.439. The van der Waals surface area contributed by atoms with Crippen molar-refractivity contribution in [2.24, 2.45) is 5.92 Å². The molecule has 0 radical (unpaired) electrons. The number of fused-ring (bicyclic) bond motifs is 2. The second-order valence-corrected chi connectivity index (χ2v) is 11.0. The molecule has 206 valence electrons. The highest BCUT2D eigenvalue weighted by atomic mass is 32.1. The van der Waals surface area contributed by atoms with E-state index in [0.29, 0.717) is 36.1 Å². The van der Waals surface area contributed by atoms with Crippen LogP contribution in [0, 0.1) is 5.92 Å². The Kier molecular flexibility index (Phi) is 9.59. The number of hydrogen-bond acceptors (Lipinski definition) is 7. The van der Waals surface area contributed by atoms with Crippen LogP contribution < -0.4 is 5.32 Å². The van der Waals surface area contributed by atoms with Crippen LogP contribution in [-0.4, -0.2) is 74.9 Å². The van der Waals surface area contributed by atoms with E-state index in [-0.39, 0.29) is 0 Å². The van der Waals surface area contributed by atoms with Crippen molar-refractivity contribution in [2.75, 3.05) is 32.0 Å². The van der Waals surface area contributed by atoms with Crippen molar-refractivity contribution in [3.63, 3.8) is 0 Å². The Morgan fingerprint density at radius 3 is 2.85 bits per heavy atom. The number of aromatic nitrogens is 4. The van der Waals surface area contributed by atoms with Gasteiger partial charge in [0.15, 0.2) is 0 Å². The second-order valence-electron chi connectivity index (χ2n) is 9.97. The third kappa shape index (κ3) is 7.17. The Labute approximate surface area is 231 Å². The van der Waals surface area contributed by atoms with E-state index in [0.717, 1.165) is 49.5 Å². The molecule has 3 aromatic heterocycles. The van der Waals surface area contributed by atoms with E-state index in [1.54, 1.807) is 33.5 Å². The summed E-state index contributed by atoms with van der Waals surface area (Å²) in [5.74, 6) is -0.221. The van der Waals surface area contributed by atoms with Crippen molar-refractivity contribution >= 4 is 56.4 Å². The smallest absolute Gasteiger partial charge is 0.313 e. The first-order valence-electron chi connectivity index (χ1n) is 13.3. The minimum Gasteiger partial charge on any atom is -0.348 e. The van der Waals surface area contributed by atoms with Gasteiger partial charge in [-0.15, -0.1) is 11.3 Å². The van der Waals surface area contributed by atoms with Crippen LogP contribution in [0.25, 0.3) is 21.1 Å². The number of hydrogen-bond donors (Lipinski definition) is 2. The highest BCUT2D eigenvalue weighted by Gasteiger charge is 2.26. The van der Waals surface area contributed by atoms with Gasteiger partial charge in [0, 0.05) is 38.0 Å². The van der Waals surface area contributed by atoms with Gasteiger partial charge in [0.2, 0.25) is 6.41 Å². The Morgan fingerprint density at radius 1 is 1.28 bits per heavy atom. The highest BCUT2D eigenvalue weighted by molar-refractivity contribution is 7.18. The number of para-hydroxylation sites is 1. The number of anilines is 1. The second kappa shape index (κ2) is 13.3. The van der Waals surface area contributed by atoms with Crippen molar-refractivity contribution in [1.82, 2.24) is 30.0 Å². The van der Waals surface area contributed by atoms with Gasteiger partial charge in [-0.2, -0.15) is 5.10 Å². The normalized spacial score (nSPS) is 15.9. The Balaban J connectivity index is 0.000000183. The van der Waals surface area contributed by atoms with Crippen LogP contribution in [0.3, 0.4) is 0 Å². The summed E-state index contributed by atoms with van der Waals surface area (Å²) in [4.78, 5) is 46.9. The zero-order valence-electron chi connectivity index (χ0n) is 22.6. The Bertz CT molecular complexity index is 1390. The molecule has 1 aliphatic rings. The molecule has 1 aromatic carbocycles. The number of benzene rings is 1. The van der Waals surface area contributed by atoms with Crippen LogP contribution in [0.5, 0.6) is 0 Å². The fourth-order valence-corrected chi connectivity index (χ4v) is 5.82. The fraction of sp³-hybridized carbons (Fsp3) is 0.429. The van der Waals surface area contributed by atoms with E-state index < -0.39 is 11.8 Å². The van der Waals surface area contributed by atoms with Gasteiger partial charge in [-0.25, -0.2) is 4.98 Å². The van der Waals surface area contributed by atoms with Crippen LogP contribution >= 0.6 is 11.3 Å². The summed E-state index contributed by atoms with van der Waals surface area (Å²) in [6.45, 7) is 6.34. The molecular formula is C28H35N7O3S. The van der Waals surface area contributed by atoms with E-state index in [1.165, 1.54) is 15.9 Å². The molecule has 1 saturated heterocycles. The summed E-state index contributed by atoms with van der Waals surface area (Å²) in [5.41, 5.74) is 2.29. The minimum atomic E-state index is -0.625. The summed E-state index contributed by atoms with van der Waals surface area (Å²) >= 11 is 1.77. The summed E-state index contributed by atoms with van der Waals surface area (Å²) in [6.07, 6.45) is 9.69. The van der Waals surface area contributed by atoms with Gasteiger partial charge in [-0.05, 0) is 43.7 Å². The quantitative estimate of drug-likeness (QED) is 0.260. The molecule has 11 heteroatoms. The first-order chi connectivity index (χ1) is 18.9. The summed E-state index contributed by atoms with van der Waals surface area (Å²) in [7, 11) is 1.82. The lowest BCUT2D eigenvalue weighted by atomic mass is 10.0. The van der Waals surface area contributed by atoms with Crippen LogP contribution in [0.15, 0.2) is 42.9 Å². The number of nitrogens with one attached hydrogen (secondary N) is 2. The highest BCUT2D eigenvalue weighted by Crippen LogP contribution is 2.31. The molecule has 0 bridgehead atoms. The zero-order chi connectivity index (χ0) is 27.8. The SMILES string of the molecule is CC1CCCN(C(=O)C(=O)Nc2cncc3[nH]ncc23)C1.CCC(CCN(C)C=O)c1nc2ccccc2s1. The standard InChI is InChI=1S/C14H17N5O2.C14H18N2OS/c1-9-3-2-4-19(8-9)14(21)13(20)17-11-6-15-7-12-10(11)5-16-18-12;1-3-11(8-9-16(2)10-17)14-15-12-6-4-5-7-13(12)18-14/h5-7,9H,2-4,8H2,1H3,(H,16,18)(H,17,20);4-7,10-11H,3,8-9H2,1-2H3. The van der Waals surface area contributed by atoms with Crippen LogP contribution in [0.4, 0.5) is 5.69 Å². The number of amides is 3. The number of piperidine rings is 1. The zero-order valence-corrected chi connectivity index (χ0v) is 23.4. The van der Waals surface area contributed by atoms with E-state index in [1.807, 2.05) is 19.2 Å². The first-order valence-corrected chi connectivity index (χ1v) is 14.1. The molecule has 2 N–H and O–H groups in total. The van der Waals surface area contributed by atoms with Crippen molar-refractivity contribution in [3.8, 4) is 0 Å². The number of carbonyl (C=O) groups excluding carboxylic acids is 3. The van der Waals surface area contributed by atoms with Gasteiger partial charge in [0.1, 0.15) is 0 Å². The van der Waals surface area contributed by atoms with Crippen LogP contribution in [0.2, 0.25) is 0 Å². The lowest BCUT2D eigenvalue weighted by molar-refractivity contribution is -0.144. The molecule has 0 aliphatic carbocycles. The molecule has 3 amide bonds. The van der Waals surface area contributed by atoms with Crippen molar-refractivity contribution < 1.29 is 14.4 Å². The average Bonchev–Trinajstić information content (AvgIpc) is 3.61. The first kappa shape index (κ1) is 28.2. The molecular weight excluding hydrogens is 514 g/mol. The number of thiazole rings is 1. The molecule has 0 saturated carbocycles. The van der Waals surface area contributed by atoms with Gasteiger partial charge in [0.05, 0.1) is 45.0 Å². The lowest BCUT2D eigenvalue weighted by Gasteiger charge is -2.30. The number of nitrogens with zero attached hydrogens (tertiary/aromatic N) is 5. The predicted molar refractivity (Wildman–Crippen MR) is 153 cm³/mol. The summed E-state index contributed by atoms with van der Waals surface area (Å²) < 4.78 is 1.25. The number of likely N-dealkylation sites (tertiary alicyclic amines) is 1. The lowest BCUT2D eigenvalue weighted by Crippen LogP contribution is -2.44. The van der Waals surface area contributed by atoms with Crippen molar-refractivity contribution in [2.45, 2.75) is 45.4 Å². The van der Waals surface area contributed by atoms with E-state index in [9.17, 15) is 14.4 Å². The maximum absolute atomic E-state index is 12.2. The molecule has 2 unspecified atom stereocenters. The molecule has 10 nitrogen and oxygen atoms in total. The third-order valence-corrected chi connectivity index (χ3v) is 8.11. The predicted octanol–water partition coefficient (Wildman–Crippen LogP) is 4.42. The molecule has 4 heterocycles. The number of aromatic amines is 1. The number of pyridine rings is 1. The summed E-state index contributed by atoms with van der Waals surface area (Å²) in [6, 6.07) is 8.23. The van der Waals surface area contributed by atoms with E-state index >= 15 is 0 Å². The topological polar surface area (TPSA) is 124 Å². The van der Waals surface area contributed by atoms with Crippen molar-refractivity contribution in [3.05, 3.63) is 47.9 Å². The molecule has 0 spiro atoms. The van der Waals surface area contributed by atoms with Gasteiger partial charge in [-0.3, -0.25) is 24.5 Å². The maximum Gasteiger partial charge on any atom is 0.313 e. The molecule has 1 aliphatic heterocycles. The number of carbonyl (C=O) groups is 3. The van der Waals surface area contributed by atoms with Gasteiger partial charge >= 0.3 is 11.8 Å². The number of H-pyrrole nitrogens is 1. The van der Waals surface area contributed by atoms with Gasteiger partial charge in [0.25, 0.3) is 0 Å². The Morgan fingerprint density at radius 2 is 2.10 bits per heavy atom. The average molecular weight is 550 g/mol. The molecule has 4 aromatic rings. The maximum atomic E-state index is 12.2. The van der Waals surface area contributed by atoms with Gasteiger partial charge < -0.3 is 15.1 Å². The number of rotatable bonds is 7. The molecule has 2 atom stereocenters. The molecule has 5 rings (SSSR count). The molecule has 39 heavy (non-hydrogen) atoms. The monoisotopic (exact) mass is 549 g/mol. The summed E-state index contributed by atoms with van der Waals surface area (Å²) in [5, 5.41) is 11.2. The third-order valence-electron chi connectivity index (χ3n) is 6.92. The Hall–Kier alpha value is -3.86.